The molecule has 0 bridgehead atoms. The van der Waals surface area contributed by atoms with Gasteiger partial charge in [0.25, 0.3) is 5.91 Å². The number of rotatable bonds is 5. The summed E-state index contributed by atoms with van der Waals surface area (Å²) in [5.41, 5.74) is 0.613. The third kappa shape index (κ3) is 6.07. The van der Waals surface area contributed by atoms with Crippen LogP contribution in [0.3, 0.4) is 0 Å². The Morgan fingerprint density at radius 1 is 1.12 bits per heavy atom. The van der Waals surface area contributed by atoms with E-state index >= 15 is 8.78 Å². The number of benzene rings is 2. The van der Waals surface area contributed by atoms with Crippen molar-refractivity contribution in [3.63, 3.8) is 0 Å². The van der Waals surface area contributed by atoms with Gasteiger partial charge in [-0.1, -0.05) is 39.8 Å². The van der Waals surface area contributed by atoms with Gasteiger partial charge in [0, 0.05) is 30.8 Å². The number of hydrogen-bond acceptors (Lipinski definition) is 3. The van der Waals surface area contributed by atoms with Crippen LogP contribution >= 0.6 is 0 Å². The van der Waals surface area contributed by atoms with E-state index in [1.807, 2.05) is 5.32 Å². The number of ether oxygens (including phenoxy) is 1. The van der Waals surface area contributed by atoms with Crippen molar-refractivity contribution < 1.29 is 35.9 Å². The molecule has 1 aliphatic heterocycles. The number of carbonyl (C=O) groups is 1. The van der Waals surface area contributed by atoms with Crippen molar-refractivity contribution in [2.24, 2.45) is 7.05 Å². The van der Waals surface area contributed by atoms with Crippen molar-refractivity contribution in [2.45, 2.75) is 53.1 Å². The minimum absolute atomic E-state index is 0.0112. The molecule has 1 aliphatic rings. The fourth-order valence-electron chi connectivity index (χ4n) is 5.73. The lowest BCUT2D eigenvalue weighted by Crippen LogP contribution is -2.15. The van der Waals surface area contributed by atoms with E-state index in [0.29, 0.717) is 34.5 Å². The Morgan fingerprint density at radius 2 is 1.79 bits per heavy atom. The lowest BCUT2D eigenvalue weighted by atomic mass is 9.94. The van der Waals surface area contributed by atoms with Crippen molar-refractivity contribution in [3.8, 4) is 16.9 Å². The van der Waals surface area contributed by atoms with Gasteiger partial charge in [0.05, 0.1) is 28.9 Å². The number of nitrogens with one attached hydrogen (secondary N) is 1. The number of anilines is 1. The molecule has 0 spiro atoms. The largest absolute Gasteiger partial charge is 0.490 e. The van der Waals surface area contributed by atoms with Gasteiger partial charge in [0.2, 0.25) is 0 Å². The molecule has 0 saturated carbocycles. The zero-order chi connectivity index (χ0) is 35.1. The molecule has 1 N–H and O–H groups in total. The highest BCUT2D eigenvalue weighted by molar-refractivity contribution is 6.02. The maximum atomic E-state index is 15.1. The minimum Gasteiger partial charge on any atom is -0.490 e. The smallest absolute Gasteiger partial charge is 0.417 e. The number of amides is 1. The monoisotopic (exact) mass is 668 g/mol. The standard InChI is InChI=1S/C33H26F6N4O2.C3H8/c1-5-7-22(34)32(44)41-28-23(35)12-19(13-24(28)36)16(2)25-14-18-9-11-45-31-27(20-8-6-10-43(25)30(18)20)21(33(37,38)39)15-26-29(31)40-17(3)42(26)4;1-3-2/h6-8,10,12-15H,2,5,9,11H2,1,3-4H3,(H,41,44);3H2,1-2H3/b22-7-;. The molecule has 48 heavy (non-hydrogen) atoms. The second-order valence-electron chi connectivity index (χ2n) is 11.4. The van der Waals surface area contributed by atoms with Gasteiger partial charge in [0.1, 0.15) is 28.7 Å². The summed E-state index contributed by atoms with van der Waals surface area (Å²) < 4.78 is 97.1. The van der Waals surface area contributed by atoms with E-state index in [9.17, 15) is 22.4 Å². The van der Waals surface area contributed by atoms with Crippen molar-refractivity contribution in [1.29, 1.82) is 0 Å². The van der Waals surface area contributed by atoms with Gasteiger partial charge in [-0.2, -0.15) is 13.2 Å². The summed E-state index contributed by atoms with van der Waals surface area (Å²) in [7, 11) is 1.64. The van der Waals surface area contributed by atoms with Crippen molar-refractivity contribution >= 4 is 33.7 Å². The molecule has 2 aromatic carbocycles. The van der Waals surface area contributed by atoms with Crippen LogP contribution in [0.1, 0.15) is 61.8 Å². The number of fused-ring (bicyclic) bond motifs is 4. The molecule has 0 saturated heterocycles. The highest BCUT2D eigenvalue weighted by atomic mass is 19.4. The fraction of sp³-hybridized carbons (Fsp3) is 0.278. The number of alkyl halides is 3. The maximum absolute atomic E-state index is 15.1. The van der Waals surface area contributed by atoms with Crippen LogP contribution in [0.2, 0.25) is 0 Å². The summed E-state index contributed by atoms with van der Waals surface area (Å²) in [6.07, 6.45) is -0.358. The Bertz CT molecular complexity index is 2080. The number of hydrogen-bond donors (Lipinski definition) is 1. The molecule has 252 valence electrons. The Labute approximate surface area is 273 Å². The number of carbonyl (C=O) groups excluding carboxylic acids is 1. The SMILES string of the molecule is C=C(c1cc(F)c(NC(=O)/C(F)=C/CC)c(F)c1)c1cc2c3c(cccn13)-c1c(C(F)(F)F)cc3c(nc(C)n3C)c1OCC2.CCC. The molecule has 6 nitrogen and oxygen atoms in total. The molecule has 1 amide bonds. The number of imidazole rings is 1. The van der Waals surface area contributed by atoms with Crippen LogP contribution in [0, 0.1) is 18.6 Å². The van der Waals surface area contributed by atoms with Gasteiger partial charge in [-0.05, 0) is 66.5 Å². The van der Waals surface area contributed by atoms with Gasteiger partial charge >= 0.3 is 6.18 Å². The summed E-state index contributed by atoms with van der Waals surface area (Å²) in [5, 5.41) is 1.91. The first-order chi connectivity index (χ1) is 22.7. The third-order valence-corrected chi connectivity index (χ3v) is 7.96. The molecule has 0 atom stereocenters. The van der Waals surface area contributed by atoms with E-state index in [-0.39, 0.29) is 46.6 Å². The van der Waals surface area contributed by atoms with Crippen LogP contribution in [0.4, 0.5) is 32.0 Å². The highest BCUT2D eigenvalue weighted by Gasteiger charge is 2.39. The highest BCUT2D eigenvalue weighted by Crippen LogP contribution is 2.49. The lowest BCUT2D eigenvalue weighted by molar-refractivity contribution is -0.137. The predicted molar refractivity (Wildman–Crippen MR) is 175 cm³/mol. The van der Waals surface area contributed by atoms with Crippen molar-refractivity contribution in [2.75, 3.05) is 11.9 Å². The Hall–Kier alpha value is -5.00. The van der Waals surface area contributed by atoms with Gasteiger partial charge in [0.15, 0.2) is 11.6 Å². The zero-order valence-electron chi connectivity index (χ0n) is 27.1. The lowest BCUT2D eigenvalue weighted by Gasteiger charge is -2.22. The summed E-state index contributed by atoms with van der Waals surface area (Å²) in [4.78, 5) is 16.5. The minimum atomic E-state index is -4.73. The average molecular weight is 669 g/mol. The van der Waals surface area contributed by atoms with Crippen LogP contribution in [-0.2, 0) is 24.4 Å². The number of nitrogens with zero attached hydrogens (tertiary/aromatic N) is 3. The first-order valence-corrected chi connectivity index (χ1v) is 15.4. The van der Waals surface area contributed by atoms with Gasteiger partial charge in [-0.15, -0.1) is 0 Å². The number of halogens is 6. The molecule has 0 radical (unpaired) electrons. The number of aromatic nitrogens is 3. The number of pyridine rings is 1. The van der Waals surface area contributed by atoms with Gasteiger partial charge in [-0.25, -0.2) is 18.2 Å². The Balaban J connectivity index is 0.00000145. The second-order valence-corrected chi connectivity index (χ2v) is 11.4. The zero-order valence-corrected chi connectivity index (χ0v) is 27.1. The maximum Gasteiger partial charge on any atom is 0.417 e. The van der Waals surface area contributed by atoms with Crippen LogP contribution in [0.5, 0.6) is 5.75 Å². The molecule has 6 rings (SSSR count). The molecular weight excluding hydrogens is 634 g/mol. The van der Waals surface area contributed by atoms with Crippen LogP contribution in [0.25, 0.3) is 33.3 Å². The molecule has 0 fully saturated rings. The molecule has 5 aromatic rings. The molecule has 0 aliphatic carbocycles. The Morgan fingerprint density at radius 3 is 2.42 bits per heavy atom. The summed E-state index contributed by atoms with van der Waals surface area (Å²) in [6.45, 7) is 11.6. The predicted octanol–water partition coefficient (Wildman–Crippen LogP) is 9.71. The van der Waals surface area contributed by atoms with E-state index in [4.69, 9.17) is 4.74 Å². The summed E-state index contributed by atoms with van der Waals surface area (Å²) >= 11 is 0. The van der Waals surface area contributed by atoms with Crippen LogP contribution in [-0.4, -0.2) is 26.5 Å². The molecular formula is C36H34F6N4O2. The van der Waals surface area contributed by atoms with Crippen LogP contribution < -0.4 is 10.1 Å². The van der Waals surface area contributed by atoms with Gasteiger partial charge < -0.3 is 19.0 Å². The third-order valence-electron chi connectivity index (χ3n) is 7.96. The van der Waals surface area contributed by atoms with E-state index in [2.05, 4.69) is 25.4 Å². The van der Waals surface area contributed by atoms with E-state index < -0.39 is 40.8 Å². The van der Waals surface area contributed by atoms with Crippen LogP contribution in [0.15, 0.2) is 61.1 Å². The normalized spacial score (nSPS) is 12.9. The second kappa shape index (κ2) is 13.2. The summed E-state index contributed by atoms with van der Waals surface area (Å²) in [6, 6.07) is 7.80. The molecule has 0 unspecified atom stereocenters. The van der Waals surface area contributed by atoms with E-state index in [1.165, 1.54) is 6.42 Å². The quantitative estimate of drug-likeness (QED) is 0.150. The Kier molecular flexibility index (Phi) is 9.48. The first kappa shape index (κ1) is 34.3. The summed E-state index contributed by atoms with van der Waals surface area (Å²) in [5.74, 6) is -4.24. The van der Waals surface area contributed by atoms with Gasteiger partial charge in [-0.3, -0.25) is 4.79 Å². The van der Waals surface area contributed by atoms with Crippen molar-refractivity contribution in [1.82, 2.24) is 14.0 Å². The molecule has 3 aromatic heterocycles. The van der Waals surface area contributed by atoms with Crippen molar-refractivity contribution in [3.05, 3.63) is 101 Å². The molecule has 4 heterocycles. The van der Waals surface area contributed by atoms with E-state index in [0.717, 1.165) is 24.3 Å². The fourth-order valence-corrected chi connectivity index (χ4v) is 5.73. The molecule has 12 heteroatoms. The van der Waals surface area contributed by atoms with E-state index in [1.54, 1.807) is 54.3 Å². The number of allylic oxidation sites excluding steroid dienone is 1. The first-order valence-electron chi connectivity index (χ1n) is 15.4. The number of aryl methyl sites for hydroxylation is 2. The topological polar surface area (TPSA) is 60.6 Å². The average Bonchev–Trinajstić information content (AvgIpc) is 3.53.